The van der Waals surface area contributed by atoms with Gasteiger partial charge in [0.1, 0.15) is 0 Å². The number of unbranched alkanes of at least 4 members (excludes halogenated alkanes) is 1. The van der Waals surface area contributed by atoms with Crippen molar-refractivity contribution in [3.05, 3.63) is 201 Å². The van der Waals surface area contributed by atoms with E-state index in [2.05, 4.69) is 122 Å². The fourth-order valence-corrected chi connectivity index (χ4v) is 6.32. The molecule has 0 saturated heterocycles. The van der Waals surface area contributed by atoms with E-state index in [4.69, 9.17) is 11.5 Å². The summed E-state index contributed by atoms with van der Waals surface area (Å²) in [4.78, 5) is 0. The minimum absolute atomic E-state index is 0.810. The molecule has 6 aromatic carbocycles. The SMILES string of the molecule is CCCCc1cc(Cc2ccc(Cc3ccc(Cc4ccc(N)cc4)cc3)cc2)ccc1Cc1ccc(Cc2ccc(N)cc2)cc1. The van der Waals surface area contributed by atoms with E-state index in [9.17, 15) is 0 Å². The lowest BCUT2D eigenvalue weighted by Gasteiger charge is -2.13. The molecule has 0 aliphatic rings. The van der Waals surface area contributed by atoms with Gasteiger partial charge in [0.25, 0.3) is 0 Å². The number of hydrogen-bond acceptors (Lipinski definition) is 2. The highest BCUT2D eigenvalue weighted by atomic mass is 14.5. The number of rotatable bonds is 13. The van der Waals surface area contributed by atoms with Crippen molar-refractivity contribution in [3.8, 4) is 0 Å². The van der Waals surface area contributed by atoms with E-state index in [1.165, 1.54) is 74.0 Å². The highest BCUT2D eigenvalue weighted by Crippen LogP contribution is 2.23. The number of nitrogen functional groups attached to an aromatic ring is 2. The Kier molecular flexibility index (Phi) is 10.5. The normalized spacial score (nSPS) is 11.1. The number of benzene rings is 6. The quantitative estimate of drug-likeness (QED) is 0.127. The Hall–Kier alpha value is -5.08. The smallest absolute Gasteiger partial charge is 0.0314 e. The number of aryl methyl sites for hydroxylation is 1. The van der Waals surface area contributed by atoms with E-state index >= 15 is 0 Å². The van der Waals surface area contributed by atoms with Crippen molar-refractivity contribution < 1.29 is 0 Å². The first-order valence-electron chi connectivity index (χ1n) is 17.0. The van der Waals surface area contributed by atoms with Gasteiger partial charge in [0.2, 0.25) is 0 Å². The van der Waals surface area contributed by atoms with Crippen molar-refractivity contribution in [2.45, 2.75) is 58.3 Å². The first-order chi connectivity index (χ1) is 23.0. The third kappa shape index (κ3) is 9.24. The molecular weight excluding hydrogens is 569 g/mol. The summed E-state index contributed by atoms with van der Waals surface area (Å²) >= 11 is 0. The summed E-state index contributed by atoms with van der Waals surface area (Å²) in [6, 6.07) is 50.8. The Morgan fingerprint density at radius 1 is 0.340 bits per heavy atom. The summed E-state index contributed by atoms with van der Waals surface area (Å²) in [7, 11) is 0. The van der Waals surface area contributed by atoms with E-state index in [-0.39, 0.29) is 0 Å². The summed E-state index contributed by atoms with van der Waals surface area (Å²) in [6.45, 7) is 2.28. The second-order valence-corrected chi connectivity index (χ2v) is 13.0. The van der Waals surface area contributed by atoms with E-state index in [0.717, 1.165) is 49.9 Å². The van der Waals surface area contributed by atoms with Crippen LogP contribution in [0.25, 0.3) is 0 Å². The van der Waals surface area contributed by atoms with Gasteiger partial charge in [0.15, 0.2) is 0 Å². The molecule has 0 saturated carbocycles. The molecule has 0 aliphatic carbocycles. The second-order valence-electron chi connectivity index (χ2n) is 13.0. The standard InChI is InChI=1S/C45H46N2/c1-2-3-4-42-32-41(17-22-43(42)31-40-15-13-36(14-16-40)29-39-20-25-45(47)26-21-39)30-37-11-9-34(10-12-37)27-33-5-7-35(8-6-33)28-38-18-23-44(46)24-19-38/h5-26,32H,2-4,27-31,46-47H2,1H3. The zero-order valence-electron chi connectivity index (χ0n) is 27.6. The topological polar surface area (TPSA) is 52.0 Å². The molecule has 236 valence electrons. The van der Waals surface area contributed by atoms with Gasteiger partial charge in [-0.2, -0.15) is 0 Å². The van der Waals surface area contributed by atoms with Gasteiger partial charge in [0, 0.05) is 11.4 Å². The van der Waals surface area contributed by atoms with Crippen LogP contribution in [0.1, 0.15) is 81.0 Å². The van der Waals surface area contributed by atoms with Gasteiger partial charge in [-0.25, -0.2) is 0 Å². The molecule has 0 amide bonds. The molecule has 0 radical (unpaired) electrons. The van der Waals surface area contributed by atoms with Gasteiger partial charge in [-0.3, -0.25) is 0 Å². The fourth-order valence-electron chi connectivity index (χ4n) is 6.32. The molecule has 0 unspecified atom stereocenters. The molecule has 0 aromatic heterocycles. The van der Waals surface area contributed by atoms with E-state index < -0.39 is 0 Å². The molecule has 6 rings (SSSR count). The Balaban J connectivity index is 1.06. The van der Waals surface area contributed by atoms with Crippen LogP contribution in [0.2, 0.25) is 0 Å². The molecule has 47 heavy (non-hydrogen) atoms. The Morgan fingerprint density at radius 2 is 0.638 bits per heavy atom. The maximum atomic E-state index is 5.85. The fraction of sp³-hybridized carbons (Fsp3) is 0.200. The van der Waals surface area contributed by atoms with Crippen molar-refractivity contribution in [2.75, 3.05) is 11.5 Å². The van der Waals surface area contributed by atoms with Crippen LogP contribution in [-0.2, 0) is 38.5 Å². The van der Waals surface area contributed by atoms with Crippen LogP contribution in [0.5, 0.6) is 0 Å². The largest absolute Gasteiger partial charge is 0.399 e. The lowest BCUT2D eigenvalue weighted by Crippen LogP contribution is -2.00. The number of anilines is 2. The summed E-state index contributed by atoms with van der Waals surface area (Å²) < 4.78 is 0. The van der Waals surface area contributed by atoms with Gasteiger partial charge in [0.05, 0.1) is 0 Å². The zero-order valence-corrected chi connectivity index (χ0v) is 27.6. The van der Waals surface area contributed by atoms with Crippen molar-refractivity contribution in [1.29, 1.82) is 0 Å². The Bertz CT molecular complexity index is 1850. The first kappa shape index (κ1) is 31.9. The second kappa shape index (κ2) is 15.5. The molecule has 0 aliphatic heterocycles. The number of nitrogens with two attached hydrogens (primary N) is 2. The molecule has 0 spiro atoms. The van der Waals surface area contributed by atoms with Gasteiger partial charge in [-0.1, -0.05) is 129 Å². The molecule has 2 nitrogen and oxygen atoms in total. The van der Waals surface area contributed by atoms with Crippen molar-refractivity contribution >= 4 is 11.4 Å². The summed E-state index contributed by atoms with van der Waals surface area (Å²) in [6.07, 6.45) is 8.28. The Labute approximate surface area is 281 Å². The summed E-state index contributed by atoms with van der Waals surface area (Å²) in [5.74, 6) is 0. The zero-order chi connectivity index (χ0) is 32.4. The third-order valence-corrected chi connectivity index (χ3v) is 9.13. The molecule has 0 atom stereocenters. The summed E-state index contributed by atoms with van der Waals surface area (Å²) in [5, 5.41) is 0. The van der Waals surface area contributed by atoms with Gasteiger partial charge >= 0.3 is 0 Å². The van der Waals surface area contributed by atoms with Crippen LogP contribution in [0.15, 0.2) is 140 Å². The molecule has 0 bridgehead atoms. The van der Waals surface area contributed by atoms with Crippen LogP contribution in [-0.4, -0.2) is 0 Å². The molecular formula is C45H46N2. The van der Waals surface area contributed by atoms with Crippen molar-refractivity contribution in [3.63, 3.8) is 0 Å². The highest BCUT2D eigenvalue weighted by molar-refractivity contribution is 5.43. The molecule has 0 heterocycles. The number of hydrogen-bond donors (Lipinski definition) is 2. The van der Waals surface area contributed by atoms with Crippen LogP contribution in [0, 0.1) is 0 Å². The third-order valence-electron chi connectivity index (χ3n) is 9.13. The van der Waals surface area contributed by atoms with Crippen LogP contribution in [0.4, 0.5) is 11.4 Å². The lowest BCUT2D eigenvalue weighted by atomic mass is 9.92. The average molecular weight is 615 g/mol. The first-order valence-corrected chi connectivity index (χ1v) is 17.0. The molecule has 0 fully saturated rings. The maximum absolute atomic E-state index is 5.85. The monoisotopic (exact) mass is 614 g/mol. The van der Waals surface area contributed by atoms with Crippen LogP contribution in [0.3, 0.4) is 0 Å². The van der Waals surface area contributed by atoms with Crippen molar-refractivity contribution in [1.82, 2.24) is 0 Å². The van der Waals surface area contributed by atoms with Gasteiger partial charge < -0.3 is 11.5 Å². The molecule has 4 N–H and O–H groups in total. The van der Waals surface area contributed by atoms with Gasteiger partial charge in [-0.15, -0.1) is 0 Å². The molecule has 2 heteroatoms. The predicted octanol–water partition coefficient (Wildman–Crippen LogP) is 10.1. The van der Waals surface area contributed by atoms with Crippen molar-refractivity contribution in [2.24, 2.45) is 0 Å². The van der Waals surface area contributed by atoms with Crippen LogP contribution >= 0.6 is 0 Å². The van der Waals surface area contributed by atoms with Crippen LogP contribution < -0.4 is 11.5 Å². The Morgan fingerprint density at radius 3 is 1.00 bits per heavy atom. The summed E-state index contributed by atoms with van der Waals surface area (Å²) in [5.41, 5.74) is 28.3. The minimum atomic E-state index is 0.810. The maximum Gasteiger partial charge on any atom is 0.0314 e. The molecule has 6 aromatic rings. The average Bonchev–Trinajstić information content (AvgIpc) is 3.09. The minimum Gasteiger partial charge on any atom is -0.399 e. The highest BCUT2D eigenvalue weighted by Gasteiger charge is 2.08. The van der Waals surface area contributed by atoms with E-state index in [0.29, 0.717) is 0 Å². The van der Waals surface area contributed by atoms with E-state index in [1.807, 2.05) is 24.3 Å². The predicted molar refractivity (Wildman–Crippen MR) is 200 cm³/mol. The lowest BCUT2D eigenvalue weighted by molar-refractivity contribution is 0.787. The van der Waals surface area contributed by atoms with Gasteiger partial charge in [-0.05, 0) is 130 Å². The van der Waals surface area contributed by atoms with E-state index in [1.54, 1.807) is 0 Å².